The fraction of sp³-hybridized carbons (Fsp3) is 0.611. The Labute approximate surface area is 139 Å². The number of rotatable bonds is 6. The summed E-state index contributed by atoms with van der Waals surface area (Å²) in [5.74, 6) is 0.0525. The van der Waals surface area contributed by atoms with Crippen LogP contribution in [0.5, 0.6) is 0 Å². The van der Waals surface area contributed by atoms with Crippen molar-refractivity contribution < 1.29 is 9.90 Å². The molecular formula is C18H29N3O2. The lowest BCUT2D eigenvalue weighted by molar-refractivity contribution is -0.130. The van der Waals surface area contributed by atoms with E-state index in [0.29, 0.717) is 19.5 Å². The molecule has 5 heteroatoms. The third-order valence-electron chi connectivity index (χ3n) is 4.58. The maximum Gasteiger partial charge on any atom is 0.226 e. The van der Waals surface area contributed by atoms with Crippen LogP contribution >= 0.6 is 0 Å². The van der Waals surface area contributed by atoms with Crippen molar-refractivity contribution in [3.05, 3.63) is 35.4 Å². The molecule has 0 saturated carbocycles. The fourth-order valence-electron chi connectivity index (χ4n) is 2.91. The minimum Gasteiger partial charge on any atom is -0.390 e. The van der Waals surface area contributed by atoms with Crippen LogP contribution in [0, 0.1) is 6.92 Å². The van der Waals surface area contributed by atoms with E-state index in [1.54, 1.807) is 11.9 Å². The number of aliphatic hydroxyl groups is 1. The molecule has 1 unspecified atom stereocenters. The summed E-state index contributed by atoms with van der Waals surface area (Å²) >= 11 is 0. The van der Waals surface area contributed by atoms with E-state index in [1.165, 1.54) is 0 Å². The van der Waals surface area contributed by atoms with Crippen LogP contribution in [0.4, 0.5) is 0 Å². The highest BCUT2D eigenvalue weighted by atomic mass is 16.3. The van der Waals surface area contributed by atoms with Gasteiger partial charge >= 0.3 is 0 Å². The topological polar surface area (TPSA) is 47.0 Å². The van der Waals surface area contributed by atoms with Crippen LogP contribution in [0.25, 0.3) is 0 Å². The SMILES string of the molecule is Cc1ccccc1CC(=O)N(C)CC(O)CN1CCN(C)CC1. The lowest BCUT2D eigenvalue weighted by atomic mass is 10.1. The number of hydrogen-bond acceptors (Lipinski definition) is 4. The van der Waals surface area contributed by atoms with E-state index in [-0.39, 0.29) is 5.91 Å². The highest BCUT2D eigenvalue weighted by Crippen LogP contribution is 2.09. The molecule has 128 valence electrons. The predicted molar refractivity (Wildman–Crippen MR) is 92.5 cm³/mol. The minimum atomic E-state index is -0.496. The van der Waals surface area contributed by atoms with Crippen molar-refractivity contribution in [2.24, 2.45) is 0 Å². The zero-order chi connectivity index (χ0) is 16.8. The smallest absolute Gasteiger partial charge is 0.226 e. The standard InChI is InChI=1S/C18H29N3O2/c1-15-6-4-5-7-16(15)12-18(23)20(3)13-17(22)14-21-10-8-19(2)9-11-21/h4-7,17,22H,8-14H2,1-3H3. The quantitative estimate of drug-likeness (QED) is 0.834. The first kappa shape index (κ1) is 17.9. The normalized spacial score (nSPS) is 17.9. The van der Waals surface area contributed by atoms with Gasteiger partial charge in [0.2, 0.25) is 5.91 Å². The Kier molecular flexibility index (Phi) is 6.57. The first-order valence-electron chi connectivity index (χ1n) is 8.33. The molecule has 0 aromatic heterocycles. The molecule has 1 aromatic rings. The molecule has 1 aliphatic rings. The van der Waals surface area contributed by atoms with Gasteiger partial charge in [0.15, 0.2) is 0 Å². The van der Waals surface area contributed by atoms with Crippen molar-refractivity contribution in [2.45, 2.75) is 19.4 Å². The maximum absolute atomic E-state index is 12.3. The highest BCUT2D eigenvalue weighted by molar-refractivity contribution is 5.78. The van der Waals surface area contributed by atoms with Gasteiger partial charge in [0.05, 0.1) is 12.5 Å². The van der Waals surface area contributed by atoms with Crippen LogP contribution in [0.3, 0.4) is 0 Å². The molecule has 1 aliphatic heterocycles. The van der Waals surface area contributed by atoms with Crippen LogP contribution in [0.1, 0.15) is 11.1 Å². The number of piperazine rings is 1. The number of aliphatic hydroxyl groups excluding tert-OH is 1. The monoisotopic (exact) mass is 319 g/mol. The van der Waals surface area contributed by atoms with E-state index in [4.69, 9.17) is 0 Å². The minimum absolute atomic E-state index is 0.0525. The molecule has 0 aliphatic carbocycles. The van der Waals surface area contributed by atoms with Gasteiger partial charge in [0.1, 0.15) is 0 Å². The largest absolute Gasteiger partial charge is 0.390 e. The molecule has 2 rings (SSSR count). The Bertz CT molecular complexity index is 513. The van der Waals surface area contributed by atoms with Gasteiger partial charge in [0, 0.05) is 46.3 Å². The first-order valence-corrected chi connectivity index (χ1v) is 8.33. The van der Waals surface area contributed by atoms with Crippen LogP contribution < -0.4 is 0 Å². The van der Waals surface area contributed by atoms with E-state index >= 15 is 0 Å². The number of nitrogens with zero attached hydrogens (tertiary/aromatic N) is 3. The maximum atomic E-state index is 12.3. The van der Waals surface area contributed by atoms with Crippen molar-refractivity contribution in [1.82, 2.24) is 14.7 Å². The van der Waals surface area contributed by atoms with E-state index in [9.17, 15) is 9.90 Å². The molecule has 0 radical (unpaired) electrons. The van der Waals surface area contributed by atoms with Crippen LogP contribution in [-0.2, 0) is 11.2 Å². The molecule has 1 fully saturated rings. The summed E-state index contributed by atoms with van der Waals surface area (Å²) in [6, 6.07) is 7.94. The zero-order valence-electron chi connectivity index (χ0n) is 14.5. The number of likely N-dealkylation sites (N-methyl/N-ethyl adjacent to an activating group) is 2. The molecule has 23 heavy (non-hydrogen) atoms. The Balaban J connectivity index is 1.77. The summed E-state index contributed by atoms with van der Waals surface area (Å²) in [5.41, 5.74) is 2.19. The average Bonchev–Trinajstić information content (AvgIpc) is 2.51. The average molecular weight is 319 g/mol. The summed E-state index contributed by atoms with van der Waals surface area (Å²) in [4.78, 5) is 18.5. The fourth-order valence-corrected chi connectivity index (χ4v) is 2.91. The number of carbonyl (C=O) groups excluding carboxylic acids is 1. The summed E-state index contributed by atoms with van der Waals surface area (Å²) in [6.07, 6.45) is -0.103. The van der Waals surface area contributed by atoms with Crippen molar-refractivity contribution in [2.75, 3.05) is 53.4 Å². The van der Waals surface area contributed by atoms with Crippen molar-refractivity contribution in [1.29, 1.82) is 0 Å². The van der Waals surface area contributed by atoms with E-state index in [0.717, 1.165) is 37.3 Å². The van der Waals surface area contributed by atoms with Gasteiger partial charge < -0.3 is 14.9 Å². The molecule has 1 atom stereocenters. The third-order valence-corrected chi connectivity index (χ3v) is 4.58. The molecule has 1 saturated heterocycles. The Hall–Kier alpha value is -1.43. The zero-order valence-corrected chi connectivity index (χ0v) is 14.5. The number of carbonyl (C=O) groups is 1. The van der Waals surface area contributed by atoms with Crippen LogP contribution in [-0.4, -0.2) is 85.2 Å². The van der Waals surface area contributed by atoms with Gasteiger partial charge in [-0.1, -0.05) is 24.3 Å². The van der Waals surface area contributed by atoms with Gasteiger partial charge in [-0.15, -0.1) is 0 Å². The van der Waals surface area contributed by atoms with Gasteiger partial charge in [-0.2, -0.15) is 0 Å². The molecule has 0 bridgehead atoms. The summed E-state index contributed by atoms with van der Waals surface area (Å²) < 4.78 is 0. The van der Waals surface area contributed by atoms with Crippen molar-refractivity contribution >= 4 is 5.91 Å². The first-order chi connectivity index (χ1) is 11.0. The summed E-state index contributed by atoms with van der Waals surface area (Å²) in [6.45, 7) is 7.07. The molecule has 1 N–H and O–H groups in total. The van der Waals surface area contributed by atoms with Gasteiger partial charge in [0.25, 0.3) is 0 Å². The second kappa shape index (κ2) is 8.43. The number of benzene rings is 1. The molecule has 1 amide bonds. The van der Waals surface area contributed by atoms with E-state index in [1.807, 2.05) is 31.2 Å². The third kappa shape index (κ3) is 5.61. The number of β-amino-alcohol motifs (C(OH)–C–C–N with tert-alkyl or cyclic N) is 1. The molecule has 1 heterocycles. The molecule has 0 spiro atoms. The number of aryl methyl sites for hydroxylation is 1. The predicted octanol–water partition coefficient (Wildman–Crippen LogP) is 0.604. The van der Waals surface area contributed by atoms with Crippen LogP contribution in [0.2, 0.25) is 0 Å². The molecular weight excluding hydrogens is 290 g/mol. The molecule has 1 aromatic carbocycles. The van der Waals surface area contributed by atoms with Gasteiger partial charge in [-0.05, 0) is 25.1 Å². The van der Waals surface area contributed by atoms with Crippen molar-refractivity contribution in [3.63, 3.8) is 0 Å². The van der Waals surface area contributed by atoms with Gasteiger partial charge in [-0.3, -0.25) is 9.69 Å². The van der Waals surface area contributed by atoms with E-state index in [2.05, 4.69) is 16.8 Å². The number of hydrogen-bond donors (Lipinski definition) is 1. The Morgan fingerprint density at radius 3 is 2.57 bits per heavy atom. The van der Waals surface area contributed by atoms with Gasteiger partial charge in [-0.25, -0.2) is 0 Å². The lowest BCUT2D eigenvalue weighted by Crippen LogP contribution is -2.49. The highest BCUT2D eigenvalue weighted by Gasteiger charge is 2.19. The summed E-state index contributed by atoms with van der Waals surface area (Å²) in [7, 11) is 3.89. The second-order valence-corrected chi connectivity index (χ2v) is 6.64. The second-order valence-electron chi connectivity index (χ2n) is 6.64. The van der Waals surface area contributed by atoms with Crippen LogP contribution in [0.15, 0.2) is 24.3 Å². The molecule has 5 nitrogen and oxygen atoms in total. The Morgan fingerprint density at radius 2 is 1.91 bits per heavy atom. The lowest BCUT2D eigenvalue weighted by Gasteiger charge is -2.34. The number of amides is 1. The summed E-state index contributed by atoms with van der Waals surface area (Å²) in [5, 5.41) is 10.3. The van der Waals surface area contributed by atoms with Crippen molar-refractivity contribution in [3.8, 4) is 0 Å². The van der Waals surface area contributed by atoms with E-state index < -0.39 is 6.10 Å². The Morgan fingerprint density at radius 1 is 1.26 bits per heavy atom.